The van der Waals surface area contributed by atoms with Crippen molar-refractivity contribution in [2.45, 2.75) is 0 Å². The zero-order chi connectivity index (χ0) is 4.41. The van der Waals surface area contributed by atoms with Gasteiger partial charge in [-0.25, -0.2) is 0 Å². The Morgan fingerprint density at radius 3 is 2.57 bits per heavy atom. The summed E-state index contributed by atoms with van der Waals surface area (Å²) in [7, 11) is 0. The van der Waals surface area contributed by atoms with Gasteiger partial charge in [0, 0.05) is 5.75 Å². The third-order valence-corrected chi connectivity index (χ3v) is 1.87. The molecule has 0 spiro atoms. The molecule has 7 heavy (non-hydrogen) atoms. The van der Waals surface area contributed by atoms with Crippen molar-refractivity contribution in [2.24, 2.45) is 4.99 Å². The van der Waals surface area contributed by atoms with E-state index in [-0.39, 0.29) is 29.6 Å². The van der Waals surface area contributed by atoms with Crippen LogP contribution in [-0.4, -0.2) is 46.2 Å². The molecule has 0 bridgehead atoms. The van der Waals surface area contributed by atoms with Crippen molar-refractivity contribution in [3.8, 4) is 0 Å². The van der Waals surface area contributed by atoms with E-state index in [4.69, 9.17) is 0 Å². The molecule has 0 atom stereocenters. The van der Waals surface area contributed by atoms with Gasteiger partial charge in [0.15, 0.2) is 0 Å². The van der Waals surface area contributed by atoms with Crippen LogP contribution >= 0.6 is 24.4 Å². The van der Waals surface area contributed by atoms with Crippen LogP contribution < -0.4 is 0 Å². The standard InChI is InChI=1S/C3H5NS2.Na.H/c5-3-4-1-2-6-3;;/h1-2H2,(H,4,5);;. The van der Waals surface area contributed by atoms with E-state index in [1.165, 1.54) is 0 Å². The number of thioether (sulfide) groups is 1. The Morgan fingerprint density at radius 1 is 1.71 bits per heavy atom. The third kappa shape index (κ3) is 3.03. The van der Waals surface area contributed by atoms with Gasteiger partial charge in [0.05, 0.1) is 6.54 Å². The van der Waals surface area contributed by atoms with Gasteiger partial charge in [-0.05, 0) is 0 Å². The van der Waals surface area contributed by atoms with Crippen LogP contribution in [0.1, 0.15) is 0 Å². The van der Waals surface area contributed by atoms with Crippen molar-refractivity contribution in [3.63, 3.8) is 0 Å². The molecule has 0 amide bonds. The Morgan fingerprint density at radius 2 is 2.43 bits per heavy atom. The summed E-state index contributed by atoms with van der Waals surface area (Å²) in [4.78, 5) is 3.98. The topological polar surface area (TPSA) is 12.4 Å². The molecular formula is C3H6NNaS2. The Bertz CT molecular complexity index is 83.0. The number of thiol groups is 1. The molecule has 0 aromatic rings. The Hall–Kier alpha value is 1.37. The zero-order valence-electron chi connectivity index (χ0n) is 3.22. The number of hydrogen-bond acceptors (Lipinski definition) is 2. The van der Waals surface area contributed by atoms with Crippen molar-refractivity contribution >= 4 is 58.3 Å². The first-order valence-electron chi connectivity index (χ1n) is 1.76. The Labute approximate surface area is 75.1 Å². The zero-order valence-corrected chi connectivity index (χ0v) is 4.93. The molecule has 0 aromatic heterocycles. The SMILES string of the molecule is SC1=NCCS1.[NaH]. The summed E-state index contributed by atoms with van der Waals surface area (Å²) in [5, 5.41) is 0. The number of nitrogens with zero attached hydrogens (tertiary/aromatic N) is 1. The molecule has 4 heteroatoms. The molecule has 0 aliphatic carbocycles. The van der Waals surface area contributed by atoms with Crippen molar-refractivity contribution in [2.75, 3.05) is 12.3 Å². The summed E-state index contributed by atoms with van der Waals surface area (Å²) in [6.45, 7) is 0.962. The summed E-state index contributed by atoms with van der Waals surface area (Å²) in [5.41, 5.74) is 0. The minimum atomic E-state index is 0. The number of hydrogen-bond donors (Lipinski definition) is 1. The predicted octanol–water partition coefficient (Wildman–Crippen LogP) is 0.370. The summed E-state index contributed by atoms with van der Waals surface area (Å²) in [6, 6.07) is 0. The normalized spacial score (nSPS) is 18.1. The summed E-state index contributed by atoms with van der Waals surface area (Å²) in [6.07, 6.45) is 0. The third-order valence-electron chi connectivity index (χ3n) is 0.570. The average Bonchev–Trinajstić information content (AvgIpc) is 1.86. The molecular weight excluding hydrogens is 137 g/mol. The van der Waals surface area contributed by atoms with Gasteiger partial charge < -0.3 is 0 Å². The van der Waals surface area contributed by atoms with E-state index >= 15 is 0 Å². The second-order valence-corrected chi connectivity index (χ2v) is 2.82. The molecule has 1 nitrogen and oxygen atoms in total. The fourth-order valence-corrected chi connectivity index (χ4v) is 1.25. The molecule has 0 unspecified atom stereocenters. The first-order valence-corrected chi connectivity index (χ1v) is 3.19. The molecule has 36 valence electrons. The molecule has 0 saturated carbocycles. The van der Waals surface area contributed by atoms with Crippen LogP contribution in [0.5, 0.6) is 0 Å². The van der Waals surface area contributed by atoms with E-state index in [1.807, 2.05) is 0 Å². The summed E-state index contributed by atoms with van der Waals surface area (Å²) in [5.74, 6) is 1.12. The van der Waals surface area contributed by atoms with E-state index in [0.717, 1.165) is 16.7 Å². The van der Waals surface area contributed by atoms with E-state index in [2.05, 4.69) is 17.6 Å². The van der Waals surface area contributed by atoms with Crippen LogP contribution in [0, 0.1) is 0 Å². The second-order valence-electron chi connectivity index (χ2n) is 1.01. The molecule has 0 radical (unpaired) electrons. The monoisotopic (exact) mass is 143 g/mol. The number of aliphatic imine (C=N–C) groups is 1. The first kappa shape index (κ1) is 8.37. The van der Waals surface area contributed by atoms with E-state index in [9.17, 15) is 0 Å². The average molecular weight is 143 g/mol. The molecule has 0 aromatic carbocycles. The fourth-order valence-electron chi connectivity index (χ4n) is 0.324. The van der Waals surface area contributed by atoms with Crippen molar-refractivity contribution in [1.82, 2.24) is 0 Å². The molecule has 0 fully saturated rings. The maximum absolute atomic E-state index is 4.01. The second kappa shape index (κ2) is 4.27. The van der Waals surface area contributed by atoms with Gasteiger partial charge in [0.2, 0.25) is 0 Å². The van der Waals surface area contributed by atoms with Crippen LogP contribution in [0.15, 0.2) is 4.99 Å². The van der Waals surface area contributed by atoms with Crippen LogP contribution in [0.4, 0.5) is 0 Å². The van der Waals surface area contributed by atoms with E-state index < -0.39 is 0 Å². The maximum atomic E-state index is 4.01. The van der Waals surface area contributed by atoms with Gasteiger partial charge >= 0.3 is 29.6 Å². The van der Waals surface area contributed by atoms with Gasteiger partial charge in [0.1, 0.15) is 4.38 Å². The predicted molar refractivity (Wildman–Crippen MR) is 40.9 cm³/mol. The Balaban J connectivity index is 0.000000360. The van der Waals surface area contributed by atoms with Crippen LogP contribution in [-0.2, 0) is 0 Å². The molecule has 0 saturated heterocycles. The molecule has 1 aliphatic rings. The molecule has 1 aliphatic heterocycles. The molecule has 1 heterocycles. The number of rotatable bonds is 0. The Kier molecular flexibility index (Phi) is 5.10. The van der Waals surface area contributed by atoms with Crippen molar-refractivity contribution in [1.29, 1.82) is 0 Å². The van der Waals surface area contributed by atoms with Gasteiger partial charge in [-0.15, -0.1) is 12.6 Å². The fraction of sp³-hybridized carbons (Fsp3) is 0.667. The van der Waals surface area contributed by atoms with E-state index in [0.29, 0.717) is 0 Å². The van der Waals surface area contributed by atoms with Crippen LogP contribution in [0.3, 0.4) is 0 Å². The molecule has 1 rings (SSSR count). The summed E-state index contributed by atoms with van der Waals surface area (Å²) < 4.78 is 0.940. The van der Waals surface area contributed by atoms with Crippen molar-refractivity contribution < 1.29 is 0 Å². The van der Waals surface area contributed by atoms with Crippen LogP contribution in [0.25, 0.3) is 0 Å². The van der Waals surface area contributed by atoms with Crippen molar-refractivity contribution in [3.05, 3.63) is 0 Å². The van der Waals surface area contributed by atoms with Gasteiger partial charge in [-0.1, -0.05) is 11.8 Å². The van der Waals surface area contributed by atoms with Gasteiger partial charge in [0.25, 0.3) is 0 Å². The van der Waals surface area contributed by atoms with Crippen LogP contribution in [0.2, 0.25) is 0 Å². The van der Waals surface area contributed by atoms with Gasteiger partial charge in [-0.2, -0.15) is 0 Å². The quantitative estimate of drug-likeness (QED) is 0.382. The summed E-state index contributed by atoms with van der Waals surface area (Å²) >= 11 is 5.72. The minimum absolute atomic E-state index is 0. The molecule has 0 N–H and O–H groups in total. The van der Waals surface area contributed by atoms with Gasteiger partial charge in [-0.3, -0.25) is 4.99 Å². The van der Waals surface area contributed by atoms with E-state index in [1.54, 1.807) is 11.8 Å². The first-order chi connectivity index (χ1) is 2.89.